The molecule has 0 amide bonds. The Kier molecular flexibility index (Phi) is 3.37. The van der Waals surface area contributed by atoms with Gasteiger partial charge in [0.1, 0.15) is 5.76 Å². The van der Waals surface area contributed by atoms with Gasteiger partial charge in [-0.25, -0.2) is 0 Å². The van der Waals surface area contributed by atoms with Gasteiger partial charge in [0, 0.05) is 0 Å². The van der Waals surface area contributed by atoms with Crippen molar-refractivity contribution in [3.8, 4) is 0 Å². The second-order valence-corrected chi connectivity index (χ2v) is 1.72. The maximum Gasteiger partial charge on any atom is 0.132 e. The zero-order valence-corrected chi connectivity index (χ0v) is 5.83. The van der Waals surface area contributed by atoms with Crippen LogP contribution in [0.25, 0.3) is 0 Å². The summed E-state index contributed by atoms with van der Waals surface area (Å²) >= 11 is 5.46. The maximum atomic E-state index is 5.46. The summed E-state index contributed by atoms with van der Waals surface area (Å²) in [6.07, 6.45) is 1.76. The number of hydrogen-bond acceptors (Lipinski definition) is 1. The highest BCUT2D eigenvalue weighted by Crippen LogP contribution is 2.10. The number of halogens is 1. The third-order valence-electron chi connectivity index (χ3n) is 0.749. The lowest BCUT2D eigenvalue weighted by Gasteiger charge is -1.99. The van der Waals surface area contributed by atoms with E-state index in [-0.39, 0.29) is 0 Å². The standard InChI is InChI=1S/C6H9ClO/c1-4-6(8-3)5(2)7/h4H,2H2,1,3H3/b6-4+. The zero-order valence-electron chi connectivity index (χ0n) is 5.07. The summed E-state index contributed by atoms with van der Waals surface area (Å²) in [5.74, 6) is 0.631. The fourth-order valence-electron chi connectivity index (χ4n) is 0.385. The van der Waals surface area contributed by atoms with Gasteiger partial charge in [0.05, 0.1) is 12.1 Å². The summed E-state index contributed by atoms with van der Waals surface area (Å²) in [7, 11) is 1.56. The van der Waals surface area contributed by atoms with Gasteiger partial charge in [-0.05, 0) is 13.0 Å². The first-order valence-electron chi connectivity index (χ1n) is 2.27. The summed E-state index contributed by atoms with van der Waals surface area (Å²) in [4.78, 5) is 0. The third-order valence-corrected chi connectivity index (χ3v) is 0.936. The lowest BCUT2D eigenvalue weighted by Crippen LogP contribution is -1.82. The highest BCUT2D eigenvalue weighted by atomic mass is 35.5. The molecule has 0 bridgehead atoms. The molecule has 0 unspecified atom stereocenters. The number of ether oxygens (including phenoxy) is 1. The molecule has 0 fully saturated rings. The smallest absolute Gasteiger partial charge is 0.132 e. The quantitative estimate of drug-likeness (QED) is 0.414. The summed E-state index contributed by atoms with van der Waals surface area (Å²) in [6, 6.07) is 0. The first-order chi connectivity index (χ1) is 3.72. The Balaban J connectivity index is 3.92. The van der Waals surface area contributed by atoms with E-state index >= 15 is 0 Å². The Morgan fingerprint density at radius 1 is 1.75 bits per heavy atom. The van der Waals surface area contributed by atoms with E-state index in [1.54, 1.807) is 13.2 Å². The van der Waals surface area contributed by atoms with Gasteiger partial charge < -0.3 is 4.74 Å². The summed E-state index contributed by atoms with van der Waals surface area (Å²) in [6.45, 7) is 5.31. The highest BCUT2D eigenvalue weighted by Gasteiger charge is 1.92. The molecular weight excluding hydrogens is 124 g/mol. The molecule has 0 aromatic rings. The van der Waals surface area contributed by atoms with Crippen LogP contribution in [0, 0.1) is 0 Å². The molecule has 0 saturated heterocycles. The monoisotopic (exact) mass is 132 g/mol. The second-order valence-electron chi connectivity index (χ2n) is 1.26. The van der Waals surface area contributed by atoms with Gasteiger partial charge in [0.25, 0.3) is 0 Å². The van der Waals surface area contributed by atoms with Crippen molar-refractivity contribution >= 4 is 11.6 Å². The molecule has 46 valence electrons. The van der Waals surface area contributed by atoms with Gasteiger partial charge in [-0.1, -0.05) is 18.2 Å². The first-order valence-corrected chi connectivity index (χ1v) is 2.65. The molecule has 0 aromatic heterocycles. The topological polar surface area (TPSA) is 9.23 Å². The van der Waals surface area contributed by atoms with Crippen molar-refractivity contribution in [2.75, 3.05) is 7.11 Å². The van der Waals surface area contributed by atoms with Gasteiger partial charge in [0.2, 0.25) is 0 Å². The third kappa shape index (κ3) is 2.03. The van der Waals surface area contributed by atoms with Crippen LogP contribution in [0.1, 0.15) is 6.92 Å². The van der Waals surface area contributed by atoms with E-state index in [1.807, 2.05) is 6.92 Å². The minimum absolute atomic E-state index is 0.440. The Bertz CT molecular complexity index is 116. The van der Waals surface area contributed by atoms with E-state index in [1.165, 1.54) is 0 Å². The summed E-state index contributed by atoms with van der Waals surface area (Å²) < 4.78 is 4.79. The molecule has 8 heavy (non-hydrogen) atoms. The first kappa shape index (κ1) is 7.57. The van der Waals surface area contributed by atoms with E-state index in [9.17, 15) is 0 Å². The van der Waals surface area contributed by atoms with Gasteiger partial charge >= 0.3 is 0 Å². The molecule has 0 radical (unpaired) electrons. The minimum Gasteiger partial charge on any atom is -0.496 e. The van der Waals surface area contributed by atoms with E-state index < -0.39 is 0 Å². The normalized spacial score (nSPS) is 11.1. The molecule has 0 aliphatic heterocycles. The highest BCUT2D eigenvalue weighted by molar-refractivity contribution is 6.31. The number of allylic oxidation sites excluding steroid dienone is 2. The second kappa shape index (κ2) is 3.56. The van der Waals surface area contributed by atoms with Crippen molar-refractivity contribution in [3.63, 3.8) is 0 Å². The van der Waals surface area contributed by atoms with Crippen molar-refractivity contribution in [2.24, 2.45) is 0 Å². The fraction of sp³-hybridized carbons (Fsp3) is 0.333. The lowest BCUT2D eigenvalue weighted by molar-refractivity contribution is 0.304. The Labute approximate surface area is 54.6 Å². The Hall–Kier alpha value is -0.430. The van der Waals surface area contributed by atoms with Crippen molar-refractivity contribution in [2.45, 2.75) is 6.92 Å². The zero-order chi connectivity index (χ0) is 6.57. The molecule has 0 aliphatic rings. The van der Waals surface area contributed by atoms with E-state index in [0.717, 1.165) is 0 Å². The van der Waals surface area contributed by atoms with Crippen LogP contribution in [0.4, 0.5) is 0 Å². The van der Waals surface area contributed by atoms with Crippen molar-refractivity contribution in [3.05, 3.63) is 23.4 Å². The molecule has 1 nitrogen and oxygen atoms in total. The van der Waals surface area contributed by atoms with Crippen LogP contribution in [0.3, 0.4) is 0 Å². The van der Waals surface area contributed by atoms with Crippen LogP contribution in [0.2, 0.25) is 0 Å². The molecular formula is C6H9ClO. The molecule has 0 rings (SSSR count). The average Bonchev–Trinajstić information content (AvgIpc) is 1.69. The molecule has 0 N–H and O–H groups in total. The minimum atomic E-state index is 0.440. The van der Waals surface area contributed by atoms with Crippen LogP contribution >= 0.6 is 11.6 Å². The molecule has 2 heteroatoms. The van der Waals surface area contributed by atoms with E-state index in [4.69, 9.17) is 16.3 Å². The van der Waals surface area contributed by atoms with Crippen LogP contribution in [-0.2, 0) is 4.74 Å². The average molecular weight is 133 g/mol. The molecule has 0 saturated carbocycles. The van der Waals surface area contributed by atoms with Crippen molar-refractivity contribution in [1.29, 1.82) is 0 Å². The molecule has 0 aromatic carbocycles. The lowest BCUT2D eigenvalue weighted by atomic mass is 10.4. The predicted molar refractivity (Wildman–Crippen MR) is 35.8 cm³/mol. The molecule has 0 atom stereocenters. The number of rotatable bonds is 2. The van der Waals surface area contributed by atoms with Crippen molar-refractivity contribution < 1.29 is 4.74 Å². The number of methoxy groups -OCH3 is 1. The van der Waals surface area contributed by atoms with Gasteiger partial charge in [-0.2, -0.15) is 0 Å². The van der Waals surface area contributed by atoms with E-state index in [0.29, 0.717) is 10.8 Å². The van der Waals surface area contributed by atoms with Crippen LogP contribution in [0.15, 0.2) is 23.4 Å². The van der Waals surface area contributed by atoms with E-state index in [2.05, 4.69) is 6.58 Å². The Morgan fingerprint density at radius 2 is 2.25 bits per heavy atom. The molecule has 0 aliphatic carbocycles. The van der Waals surface area contributed by atoms with Gasteiger partial charge in [-0.15, -0.1) is 0 Å². The van der Waals surface area contributed by atoms with Crippen LogP contribution < -0.4 is 0 Å². The SMILES string of the molecule is C=C(Cl)/C(=C\C)OC. The summed E-state index contributed by atoms with van der Waals surface area (Å²) in [5.41, 5.74) is 0. The van der Waals surface area contributed by atoms with Crippen LogP contribution in [0.5, 0.6) is 0 Å². The van der Waals surface area contributed by atoms with Gasteiger partial charge in [-0.3, -0.25) is 0 Å². The van der Waals surface area contributed by atoms with Crippen molar-refractivity contribution in [1.82, 2.24) is 0 Å². The maximum absolute atomic E-state index is 5.46. The largest absolute Gasteiger partial charge is 0.496 e. The predicted octanol–water partition coefficient (Wildman–Crippen LogP) is 2.29. The van der Waals surface area contributed by atoms with Gasteiger partial charge in [0.15, 0.2) is 0 Å². The Morgan fingerprint density at radius 3 is 2.25 bits per heavy atom. The van der Waals surface area contributed by atoms with Crippen LogP contribution in [-0.4, -0.2) is 7.11 Å². The molecule has 0 heterocycles. The molecule has 0 spiro atoms. The fourth-order valence-corrected chi connectivity index (χ4v) is 0.571. The summed E-state index contributed by atoms with van der Waals surface area (Å²) in [5, 5.41) is 0.440. The number of hydrogen-bond donors (Lipinski definition) is 0.